The fraction of sp³-hybridized carbons (Fsp3) is 0.556. The van der Waals surface area contributed by atoms with Crippen molar-refractivity contribution >= 4 is 0 Å². The van der Waals surface area contributed by atoms with Crippen molar-refractivity contribution in [3.05, 3.63) is 22.7 Å². The number of aromatic hydroxyl groups is 1. The van der Waals surface area contributed by atoms with E-state index in [0.29, 0.717) is 28.5 Å². The van der Waals surface area contributed by atoms with Gasteiger partial charge in [-0.25, -0.2) is 0 Å². The lowest BCUT2D eigenvalue weighted by atomic mass is 10.1. The first kappa shape index (κ1) is 9.77. The standard InChI is InChI=1S/C9H14N2O2/c1-6(2)4-8-5-7(3)10-9(12)11(8)13/h5-6H,4H2,1-3H3,(H,10,12). The fourth-order valence-corrected chi connectivity index (χ4v) is 1.22. The topological polar surface area (TPSA) is 60.1 Å². The highest BCUT2D eigenvalue weighted by Crippen LogP contribution is 2.07. The predicted molar refractivity (Wildman–Crippen MR) is 48.1 cm³/mol. The third kappa shape index (κ3) is 2.31. The van der Waals surface area contributed by atoms with Crippen molar-refractivity contribution < 1.29 is 9.84 Å². The number of nitrogens with zero attached hydrogens (tertiary/aromatic N) is 2. The Kier molecular flexibility index (Phi) is 2.70. The molecule has 0 fully saturated rings. The molecule has 0 amide bonds. The molecule has 0 aliphatic rings. The van der Waals surface area contributed by atoms with Crippen LogP contribution in [0.2, 0.25) is 0 Å². The maximum Gasteiger partial charge on any atom is 0.499 e. The Labute approximate surface area is 77.4 Å². The Morgan fingerprint density at radius 3 is 2.77 bits per heavy atom. The van der Waals surface area contributed by atoms with Gasteiger partial charge in [0.25, 0.3) is 0 Å². The molecular weight excluding hydrogens is 168 g/mol. The van der Waals surface area contributed by atoms with Crippen molar-refractivity contribution in [1.29, 1.82) is 0 Å². The van der Waals surface area contributed by atoms with Gasteiger partial charge in [-0.15, -0.1) is 0 Å². The molecular formula is C9H14N2O2. The van der Waals surface area contributed by atoms with E-state index in [9.17, 15) is 5.21 Å². The molecule has 0 bridgehead atoms. The molecule has 0 radical (unpaired) electrons. The van der Waals surface area contributed by atoms with E-state index in [1.807, 2.05) is 13.8 Å². The van der Waals surface area contributed by atoms with Gasteiger partial charge in [-0.2, -0.15) is 4.73 Å². The van der Waals surface area contributed by atoms with E-state index in [1.54, 1.807) is 13.0 Å². The van der Waals surface area contributed by atoms with Gasteiger partial charge in [-0.1, -0.05) is 13.8 Å². The van der Waals surface area contributed by atoms with Crippen LogP contribution in [-0.4, -0.2) is 10.1 Å². The van der Waals surface area contributed by atoms with Gasteiger partial charge in [0.15, 0.2) is 5.69 Å². The zero-order valence-corrected chi connectivity index (χ0v) is 8.11. The highest BCUT2D eigenvalue weighted by Gasteiger charge is 2.13. The zero-order valence-electron chi connectivity index (χ0n) is 8.11. The summed E-state index contributed by atoms with van der Waals surface area (Å²) in [5.41, 5.74) is 1.24. The number of rotatable bonds is 2. The van der Waals surface area contributed by atoms with E-state index in [4.69, 9.17) is 5.11 Å². The molecule has 0 unspecified atom stereocenters. The molecule has 0 aromatic carbocycles. The summed E-state index contributed by atoms with van der Waals surface area (Å²) in [6.45, 7) is 5.79. The van der Waals surface area contributed by atoms with Gasteiger partial charge >= 0.3 is 6.01 Å². The molecule has 0 saturated heterocycles. The second-order valence-electron chi connectivity index (χ2n) is 3.58. The third-order valence-corrected chi connectivity index (χ3v) is 1.71. The smallest absolute Gasteiger partial charge is 0.499 e. The Hall–Kier alpha value is -1.32. The van der Waals surface area contributed by atoms with E-state index in [0.717, 1.165) is 0 Å². The van der Waals surface area contributed by atoms with Gasteiger partial charge in [-0.05, 0) is 10.9 Å². The van der Waals surface area contributed by atoms with Gasteiger partial charge in [0, 0.05) is 19.4 Å². The minimum Gasteiger partial charge on any atom is -0.708 e. The zero-order chi connectivity index (χ0) is 10.0. The lowest BCUT2D eigenvalue weighted by Crippen LogP contribution is -2.34. The normalized spacial score (nSPS) is 10.8. The molecule has 4 heteroatoms. The molecule has 0 atom stereocenters. The molecule has 0 aliphatic heterocycles. The molecule has 0 spiro atoms. The monoisotopic (exact) mass is 182 g/mol. The van der Waals surface area contributed by atoms with Gasteiger partial charge in [-0.3, -0.25) is 0 Å². The highest BCUT2D eigenvalue weighted by atomic mass is 16.5. The Balaban J connectivity index is 3.05. The van der Waals surface area contributed by atoms with Crippen molar-refractivity contribution in [2.24, 2.45) is 5.92 Å². The summed E-state index contributed by atoms with van der Waals surface area (Å²) in [5, 5.41) is 20.4. The molecule has 1 N–H and O–H groups in total. The van der Waals surface area contributed by atoms with E-state index >= 15 is 0 Å². The van der Waals surface area contributed by atoms with Crippen molar-refractivity contribution in [1.82, 2.24) is 4.98 Å². The first-order valence-corrected chi connectivity index (χ1v) is 4.29. The van der Waals surface area contributed by atoms with Crippen LogP contribution in [0, 0.1) is 18.0 Å². The molecule has 1 rings (SSSR count). The van der Waals surface area contributed by atoms with Crippen LogP contribution in [0.25, 0.3) is 0 Å². The van der Waals surface area contributed by atoms with E-state index in [1.165, 1.54) is 0 Å². The molecule has 4 nitrogen and oxygen atoms in total. The quantitative estimate of drug-likeness (QED) is 0.546. The number of hydrogen-bond acceptors (Lipinski definition) is 3. The van der Waals surface area contributed by atoms with Crippen LogP contribution in [0.5, 0.6) is 6.01 Å². The second-order valence-corrected chi connectivity index (χ2v) is 3.58. The molecule has 0 aliphatic carbocycles. The summed E-state index contributed by atoms with van der Waals surface area (Å²) in [5.74, 6) is 0.390. The van der Waals surface area contributed by atoms with Crippen LogP contribution in [0.3, 0.4) is 0 Å². The first-order valence-electron chi connectivity index (χ1n) is 4.29. The summed E-state index contributed by atoms with van der Waals surface area (Å²) in [4.78, 5) is 3.65. The minimum atomic E-state index is -0.462. The average molecular weight is 182 g/mol. The summed E-state index contributed by atoms with van der Waals surface area (Å²) in [6, 6.07) is 1.24. The van der Waals surface area contributed by atoms with Crippen molar-refractivity contribution in [3.8, 4) is 6.01 Å². The van der Waals surface area contributed by atoms with Gasteiger partial charge in [0.1, 0.15) is 5.69 Å². The second kappa shape index (κ2) is 3.60. The minimum absolute atomic E-state index is 0.390. The Morgan fingerprint density at radius 2 is 2.23 bits per heavy atom. The summed E-state index contributed by atoms with van der Waals surface area (Å²) >= 11 is 0. The maximum absolute atomic E-state index is 11.3. The Bertz CT molecular complexity index is 311. The predicted octanol–water partition coefficient (Wildman–Crippen LogP) is 0.928. The first-order chi connectivity index (χ1) is 6.00. The highest BCUT2D eigenvalue weighted by molar-refractivity contribution is 5.06. The largest absolute Gasteiger partial charge is 0.708 e. The molecule has 13 heavy (non-hydrogen) atoms. The lowest BCUT2D eigenvalue weighted by molar-refractivity contribution is -0.625. The van der Waals surface area contributed by atoms with Gasteiger partial charge < -0.3 is 10.3 Å². The number of aromatic nitrogens is 2. The van der Waals surface area contributed by atoms with E-state index < -0.39 is 6.01 Å². The summed E-state index contributed by atoms with van der Waals surface area (Å²) in [6.07, 6.45) is 0.653. The van der Waals surface area contributed by atoms with Crippen LogP contribution in [0.1, 0.15) is 25.2 Å². The average Bonchev–Trinajstić information content (AvgIpc) is 1.98. The molecule has 1 aromatic rings. The van der Waals surface area contributed by atoms with Crippen LogP contribution >= 0.6 is 0 Å². The summed E-state index contributed by atoms with van der Waals surface area (Å²) < 4.78 is 0.479. The Morgan fingerprint density at radius 1 is 1.62 bits per heavy atom. The van der Waals surface area contributed by atoms with Crippen LogP contribution in [-0.2, 0) is 6.42 Å². The van der Waals surface area contributed by atoms with Crippen molar-refractivity contribution in [2.75, 3.05) is 0 Å². The molecule has 1 aromatic heterocycles. The molecule has 1 heterocycles. The fourth-order valence-electron chi connectivity index (χ4n) is 1.22. The maximum atomic E-state index is 11.3. The molecule has 0 saturated carbocycles. The van der Waals surface area contributed by atoms with Crippen LogP contribution in [0.4, 0.5) is 0 Å². The van der Waals surface area contributed by atoms with Gasteiger partial charge in [0.05, 0.1) is 0 Å². The lowest BCUT2D eigenvalue weighted by Gasteiger charge is -2.10. The summed E-state index contributed by atoms with van der Waals surface area (Å²) in [7, 11) is 0. The number of hydrogen-bond donors (Lipinski definition) is 1. The van der Waals surface area contributed by atoms with E-state index in [2.05, 4.69) is 4.98 Å². The SMILES string of the molecule is Cc1cc(CC(C)C)[n+]([O-])c(O)n1. The number of aryl methyl sites for hydroxylation is 1. The van der Waals surface area contributed by atoms with Gasteiger partial charge in [0.2, 0.25) is 0 Å². The van der Waals surface area contributed by atoms with E-state index in [-0.39, 0.29) is 0 Å². The van der Waals surface area contributed by atoms with Crippen LogP contribution < -0.4 is 4.73 Å². The molecule has 72 valence electrons. The van der Waals surface area contributed by atoms with Crippen LogP contribution in [0.15, 0.2) is 6.07 Å². The van der Waals surface area contributed by atoms with Crippen molar-refractivity contribution in [2.45, 2.75) is 27.2 Å². The third-order valence-electron chi connectivity index (χ3n) is 1.71. The van der Waals surface area contributed by atoms with Crippen molar-refractivity contribution in [3.63, 3.8) is 0 Å².